The maximum absolute atomic E-state index is 12.4. The molecule has 1 aromatic heterocycles. The van der Waals surface area contributed by atoms with Crippen LogP contribution in [-0.4, -0.2) is 10.7 Å². The molecule has 0 amide bonds. The molecule has 0 radical (unpaired) electrons. The molecule has 7 heteroatoms. The molecule has 1 aliphatic rings. The fourth-order valence-electron chi connectivity index (χ4n) is 2.85. The summed E-state index contributed by atoms with van der Waals surface area (Å²) in [6, 6.07) is 3.50. The number of aryl methyl sites for hydroxylation is 2. The highest BCUT2D eigenvalue weighted by Crippen LogP contribution is 2.60. The number of nitrogens with zero attached hydrogens (tertiary/aromatic N) is 2. The summed E-state index contributed by atoms with van der Waals surface area (Å²) >= 11 is 6.59. The van der Waals surface area contributed by atoms with Crippen LogP contribution in [-0.2, 0) is 4.79 Å². The zero-order chi connectivity index (χ0) is 17.5. The highest BCUT2D eigenvalue weighted by Gasteiger charge is 2.62. The Morgan fingerprint density at radius 1 is 1.43 bits per heavy atom. The number of carbonyl (C=O) groups is 1. The van der Waals surface area contributed by atoms with E-state index >= 15 is 0 Å². The maximum Gasteiger partial charge on any atom is 0.337 e. The minimum Gasteiger partial charge on any atom is -0.333 e. The van der Waals surface area contributed by atoms with E-state index in [2.05, 4.69) is 31.9 Å². The normalized spacial score (nSPS) is 21.3. The highest BCUT2D eigenvalue weighted by atomic mass is 79.9. The van der Waals surface area contributed by atoms with Gasteiger partial charge in [0.15, 0.2) is 0 Å². The third-order valence-corrected chi connectivity index (χ3v) is 4.83. The lowest BCUT2D eigenvalue weighted by Gasteiger charge is -2.11. The molecule has 122 valence electrons. The third-order valence-electron chi connectivity index (χ3n) is 4.30. The molecule has 2 atom stereocenters. The van der Waals surface area contributed by atoms with E-state index in [1.54, 1.807) is 19.9 Å². The number of hydrogen-bond acceptors (Lipinski definition) is 4. The van der Waals surface area contributed by atoms with Crippen molar-refractivity contribution in [2.75, 3.05) is 0 Å². The molecule has 1 heterocycles. The second-order valence-electron chi connectivity index (χ2n) is 6.25. The molecule has 23 heavy (non-hydrogen) atoms. The van der Waals surface area contributed by atoms with E-state index in [1.807, 2.05) is 26.0 Å². The molecule has 2 rings (SSSR count). The van der Waals surface area contributed by atoms with Crippen molar-refractivity contribution < 1.29 is 9.63 Å². The Morgan fingerprint density at radius 2 is 2.04 bits per heavy atom. The van der Waals surface area contributed by atoms with Crippen molar-refractivity contribution in [1.82, 2.24) is 4.73 Å². The molecule has 1 aromatic rings. The van der Waals surface area contributed by atoms with Crippen molar-refractivity contribution in [3.63, 3.8) is 0 Å². The summed E-state index contributed by atoms with van der Waals surface area (Å²) < 4.78 is 1.68. The lowest BCUT2D eigenvalue weighted by Crippen LogP contribution is -2.35. The molecule has 0 N–H and O–H groups in total. The SMILES string of the molecule is Cc1cc(C)n(OC(=O)[C@@H]2[C@H](C=C(Br)Br)C2(C)C)c(=O)c1C#N. The summed E-state index contributed by atoms with van der Waals surface area (Å²) in [5, 5.41) is 9.07. The summed E-state index contributed by atoms with van der Waals surface area (Å²) in [4.78, 5) is 30.0. The van der Waals surface area contributed by atoms with E-state index in [1.165, 1.54) is 0 Å². The zero-order valence-corrected chi connectivity index (χ0v) is 16.4. The number of allylic oxidation sites excluding steroid dienone is 1. The molecule has 0 spiro atoms. The van der Waals surface area contributed by atoms with Crippen LogP contribution in [0.2, 0.25) is 0 Å². The van der Waals surface area contributed by atoms with Crippen molar-refractivity contribution in [1.29, 1.82) is 5.26 Å². The molecular formula is C16H16Br2N2O3. The Morgan fingerprint density at radius 3 is 2.57 bits per heavy atom. The van der Waals surface area contributed by atoms with Crippen LogP contribution in [0.3, 0.4) is 0 Å². The monoisotopic (exact) mass is 442 g/mol. The Labute approximate surface area is 151 Å². The number of carbonyl (C=O) groups excluding carboxylic acids is 1. The average molecular weight is 444 g/mol. The number of nitriles is 1. The Kier molecular flexibility index (Phi) is 4.88. The van der Waals surface area contributed by atoms with Crippen molar-refractivity contribution in [2.24, 2.45) is 17.3 Å². The summed E-state index contributed by atoms with van der Waals surface area (Å²) in [7, 11) is 0. The van der Waals surface area contributed by atoms with Crippen molar-refractivity contribution in [2.45, 2.75) is 27.7 Å². The molecule has 0 aromatic carbocycles. The number of halogens is 2. The molecule has 0 saturated heterocycles. The summed E-state index contributed by atoms with van der Waals surface area (Å²) in [5.74, 6) is -0.804. The summed E-state index contributed by atoms with van der Waals surface area (Å²) in [6.07, 6.45) is 1.90. The van der Waals surface area contributed by atoms with Crippen LogP contribution in [0.5, 0.6) is 0 Å². The predicted octanol–water partition coefficient (Wildman–Crippen LogP) is 3.20. The molecule has 0 unspecified atom stereocenters. The minimum atomic E-state index is -0.606. The quantitative estimate of drug-likeness (QED) is 0.719. The standard InChI is InChI=1S/C16H16Br2N2O3/c1-8-5-9(2)20(14(21)10(8)7-19)23-15(22)13-11(6-12(17)18)16(13,3)4/h5-6,11,13H,1-4H3/t11-,13-/m0/s1. The molecule has 1 fully saturated rings. The van der Waals surface area contributed by atoms with E-state index in [9.17, 15) is 9.59 Å². The second-order valence-corrected chi connectivity index (χ2v) is 9.02. The first-order valence-electron chi connectivity index (χ1n) is 6.99. The van der Waals surface area contributed by atoms with Gasteiger partial charge >= 0.3 is 11.5 Å². The first-order chi connectivity index (χ1) is 10.6. The number of aromatic nitrogens is 1. The topological polar surface area (TPSA) is 72.1 Å². The van der Waals surface area contributed by atoms with Gasteiger partial charge in [-0.3, -0.25) is 4.79 Å². The summed E-state index contributed by atoms with van der Waals surface area (Å²) in [6.45, 7) is 7.27. The van der Waals surface area contributed by atoms with E-state index < -0.39 is 11.5 Å². The number of rotatable bonds is 3. The molecule has 5 nitrogen and oxygen atoms in total. The molecule has 1 aliphatic carbocycles. The fourth-order valence-corrected chi connectivity index (χ4v) is 3.41. The van der Waals surface area contributed by atoms with Crippen LogP contribution in [0, 0.1) is 42.4 Å². The van der Waals surface area contributed by atoms with Crippen LogP contribution in [0.15, 0.2) is 20.3 Å². The predicted molar refractivity (Wildman–Crippen MR) is 93.2 cm³/mol. The van der Waals surface area contributed by atoms with Gasteiger partial charge in [-0.25, -0.2) is 4.79 Å². The van der Waals surface area contributed by atoms with Gasteiger partial charge in [-0.2, -0.15) is 5.26 Å². The van der Waals surface area contributed by atoms with Crippen LogP contribution in [0.25, 0.3) is 0 Å². The first-order valence-corrected chi connectivity index (χ1v) is 8.58. The van der Waals surface area contributed by atoms with Gasteiger partial charge < -0.3 is 4.84 Å². The van der Waals surface area contributed by atoms with E-state index in [4.69, 9.17) is 10.1 Å². The Balaban J connectivity index is 2.32. The smallest absolute Gasteiger partial charge is 0.333 e. The Bertz CT molecular complexity index is 799. The van der Waals surface area contributed by atoms with Crippen molar-refractivity contribution >= 4 is 37.8 Å². The average Bonchev–Trinajstić information content (AvgIpc) is 2.95. The van der Waals surface area contributed by atoms with Crippen LogP contribution in [0.1, 0.15) is 30.7 Å². The van der Waals surface area contributed by atoms with Gasteiger partial charge in [0.2, 0.25) is 0 Å². The fraction of sp³-hybridized carbons (Fsp3) is 0.438. The highest BCUT2D eigenvalue weighted by molar-refractivity contribution is 9.28. The van der Waals surface area contributed by atoms with Gasteiger partial charge in [0.05, 0.1) is 15.0 Å². The van der Waals surface area contributed by atoms with Gasteiger partial charge in [0.1, 0.15) is 11.6 Å². The van der Waals surface area contributed by atoms with Crippen LogP contribution < -0.4 is 10.4 Å². The summed E-state index contributed by atoms with van der Waals surface area (Å²) in [5.41, 5.74) is 0.179. The first kappa shape index (κ1) is 18.0. The van der Waals surface area contributed by atoms with E-state index in [-0.39, 0.29) is 22.8 Å². The van der Waals surface area contributed by atoms with Crippen LogP contribution >= 0.6 is 31.9 Å². The van der Waals surface area contributed by atoms with Crippen molar-refractivity contribution in [3.8, 4) is 6.07 Å². The number of hydrogen-bond donors (Lipinski definition) is 0. The van der Waals surface area contributed by atoms with Crippen molar-refractivity contribution in [3.05, 3.63) is 42.7 Å². The van der Waals surface area contributed by atoms with Gasteiger partial charge in [-0.05, 0) is 68.7 Å². The molecule has 0 bridgehead atoms. The van der Waals surface area contributed by atoms with Gasteiger partial charge in [-0.15, -0.1) is 4.73 Å². The van der Waals surface area contributed by atoms with Crippen LogP contribution in [0.4, 0.5) is 0 Å². The molecule has 1 saturated carbocycles. The zero-order valence-electron chi connectivity index (χ0n) is 13.2. The van der Waals surface area contributed by atoms with E-state index in [0.717, 1.165) is 8.12 Å². The lowest BCUT2D eigenvalue weighted by atomic mass is 10.1. The van der Waals surface area contributed by atoms with Gasteiger partial charge in [0, 0.05) is 0 Å². The third kappa shape index (κ3) is 3.29. The van der Waals surface area contributed by atoms with Gasteiger partial charge in [-0.1, -0.05) is 19.9 Å². The second kappa shape index (κ2) is 6.25. The molecule has 0 aliphatic heterocycles. The largest absolute Gasteiger partial charge is 0.337 e. The Hall–Kier alpha value is -1.39. The number of pyridine rings is 1. The van der Waals surface area contributed by atoms with E-state index in [0.29, 0.717) is 11.3 Å². The maximum atomic E-state index is 12.4. The minimum absolute atomic E-state index is 0.0145. The molecular weight excluding hydrogens is 428 g/mol. The lowest BCUT2D eigenvalue weighted by molar-refractivity contribution is -0.147. The van der Waals surface area contributed by atoms with Gasteiger partial charge in [0.25, 0.3) is 0 Å².